The molecule has 0 saturated heterocycles. The molecule has 4 nitrogen and oxygen atoms in total. The Morgan fingerprint density at radius 1 is 1.35 bits per heavy atom. The van der Waals surface area contributed by atoms with Crippen LogP contribution in [0.4, 0.5) is 0 Å². The summed E-state index contributed by atoms with van der Waals surface area (Å²) in [5, 5.41) is 0. The maximum Gasteiger partial charge on any atom is 0.191 e. The molecule has 1 aliphatic heterocycles. The Labute approximate surface area is 118 Å². The third kappa shape index (κ3) is 2.81. The van der Waals surface area contributed by atoms with E-state index in [2.05, 4.69) is 0 Å². The number of hydrogen-bond acceptors (Lipinski definition) is 4. The fourth-order valence-corrected chi connectivity index (χ4v) is 2.23. The van der Waals surface area contributed by atoms with Crippen LogP contribution in [0, 0.1) is 5.92 Å². The molecular weight excluding hydrogens is 254 g/mol. The molecule has 20 heavy (non-hydrogen) atoms. The lowest BCUT2D eigenvalue weighted by Gasteiger charge is -2.22. The summed E-state index contributed by atoms with van der Waals surface area (Å²) in [5.74, 6) is 1.80. The van der Waals surface area contributed by atoms with Crippen molar-refractivity contribution in [3.63, 3.8) is 0 Å². The van der Waals surface area contributed by atoms with Crippen LogP contribution < -0.4 is 0 Å². The van der Waals surface area contributed by atoms with Gasteiger partial charge < -0.3 is 9.64 Å². The molecule has 0 saturated carbocycles. The molecular formula is C16H17NO3. The minimum absolute atomic E-state index is 0.0869. The molecule has 0 N–H and O–H groups in total. The van der Waals surface area contributed by atoms with Gasteiger partial charge in [0, 0.05) is 0 Å². The molecule has 1 heterocycles. The fraction of sp³-hybridized carbons (Fsp3) is 0.312. The molecule has 0 bridgehead atoms. The minimum atomic E-state index is -0.558. The standard InChI is InChI=1S/C16H17NO3/c1-3-20-16-9-14(12(2)19)15(11-18)17(16)10-13-7-5-4-6-8-13/h4-9,14H,3,10H2,1-2H3. The minimum Gasteiger partial charge on any atom is -0.479 e. The SMILES string of the molecule is CCOC1=CC(C(C)=O)C(=C=O)N1Cc1ccccc1. The lowest BCUT2D eigenvalue weighted by molar-refractivity contribution is -0.118. The van der Waals surface area contributed by atoms with Crippen molar-refractivity contribution in [2.75, 3.05) is 6.61 Å². The zero-order chi connectivity index (χ0) is 14.5. The van der Waals surface area contributed by atoms with E-state index in [9.17, 15) is 9.59 Å². The third-order valence-corrected chi connectivity index (χ3v) is 3.18. The number of carbonyl (C=O) groups excluding carboxylic acids is 2. The summed E-state index contributed by atoms with van der Waals surface area (Å²) in [6, 6.07) is 9.73. The van der Waals surface area contributed by atoms with Gasteiger partial charge in [-0.1, -0.05) is 30.3 Å². The first-order valence-corrected chi connectivity index (χ1v) is 6.59. The van der Waals surface area contributed by atoms with Crippen molar-refractivity contribution in [3.8, 4) is 0 Å². The van der Waals surface area contributed by atoms with E-state index >= 15 is 0 Å². The smallest absolute Gasteiger partial charge is 0.191 e. The van der Waals surface area contributed by atoms with Gasteiger partial charge in [0.1, 0.15) is 17.4 Å². The highest BCUT2D eigenvalue weighted by Crippen LogP contribution is 2.32. The Morgan fingerprint density at radius 2 is 2.05 bits per heavy atom. The summed E-state index contributed by atoms with van der Waals surface area (Å²) in [7, 11) is 0. The van der Waals surface area contributed by atoms with E-state index in [-0.39, 0.29) is 5.78 Å². The Bertz CT molecular complexity index is 571. The number of benzene rings is 1. The molecule has 1 aromatic rings. The van der Waals surface area contributed by atoms with Gasteiger partial charge in [-0.05, 0) is 25.5 Å². The van der Waals surface area contributed by atoms with Crippen LogP contribution >= 0.6 is 0 Å². The second-order valence-corrected chi connectivity index (χ2v) is 4.59. The first kappa shape index (κ1) is 14.1. The summed E-state index contributed by atoms with van der Waals surface area (Å²) < 4.78 is 5.54. The molecule has 104 valence electrons. The van der Waals surface area contributed by atoms with Crippen LogP contribution in [0.2, 0.25) is 0 Å². The number of ether oxygens (including phenoxy) is 1. The van der Waals surface area contributed by atoms with E-state index in [0.29, 0.717) is 24.7 Å². The highest BCUT2D eigenvalue weighted by molar-refractivity contribution is 5.86. The average Bonchev–Trinajstić information content (AvgIpc) is 2.79. The molecule has 1 aliphatic rings. The lowest BCUT2D eigenvalue weighted by atomic mass is 10.0. The summed E-state index contributed by atoms with van der Waals surface area (Å²) in [4.78, 5) is 24.6. The molecule has 0 fully saturated rings. The summed E-state index contributed by atoms with van der Waals surface area (Å²) in [5.41, 5.74) is 1.36. The van der Waals surface area contributed by atoms with Gasteiger partial charge in [0.15, 0.2) is 5.88 Å². The largest absolute Gasteiger partial charge is 0.479 e. The average molecular weight is 271 g/mol. The fourth-order valence-electron chi connectivity index (χ4n) is 2.23. The second-order valence-electron chi connectivity index (χ2n) is 4.59. The van der Waals surface area contributed by atoms with E-state index in [1.807, 2.05) is 43.2 Å². The Hall–Kier alpha value is -2.32. The number of Topliss-reactive ketones (excluding diaryl/α,β-unsaturated/α-hetero) is 1. The van der Waals surface area contributed by atoms with Crippen molar-refractivity contribution < 1.29 is 14.3 Å². The number of allylic oxidation sites excluding steroid dienone is 1. The van der Waals surface area contributed by atoms with Gasteiger partial charge >= 0.3 is 0 Å². The summed E-state index contributed by atoms with van der Waals surface area (Å²) >= 11 is 0. The zero-order valence-corrected chi connectivity index (χ0v) is 11.6. The predicted molar refractivity (Wildman–Crippen MR) is 75.1 cm³/mol. The third-order valence-electron chi connectivity index (χ3n) is 3.18. The van der Waals surface area contributed by atoms with Gasteiger partial charge in [-0.3, -0.25) is 4.79 Å². The van der Waals surface area contributed by atoms with Crippen molar-refractivity contribution in [2.45, 2.75) is 20.4 Å². The van der Waals surface area contributed by atoms with Gasteiger partial charge in [0.25, 0.3) is 0 Å². The molecule has 0 radical (unpaired) electrons. The van der Waals surface area contributed by atoms with Crippen LogP contribution in [0.25, 0.3) is 0 Å². The van der Waals surface area contributed by atoms with Crippen molar-refractivity contribution in [2.24, 2.45) is 5.92 Å². The number of ketones is 1. The van der Waals surface area contributed by atoms with Crippen LogP contribution in [-0.2, 0) is 20.9 Å². The van der Waals surface area contributed by atoms with Crippen LogP contribution in [0.15, 0.2) is 48.0 Å². The van der Waals surface area contributed by atoms with Crippen LogP contribution in [-0.4, -0.2) is 23.2 Å². The van der Waals surface area contributed by atoms with Crippen molar-refractivity contribution in [3.05, 3.63) is 53.6 Å². The Morgan fingerprint density at radius 3 is 2.60 bits per heavy atom. The molecule has 0 spiro atoms. The van der Waals surface area contributed by atoms with Gasteiger partial charge in [0.2, 0.25) is 0 Å². The highest BCUT2D eigenvalue weighted by atomic mass is 16.5. The monoisotopic (exact) mass is 271 g/mol. The zero-order valence-electron chi connectivity index (χ0n) is 11.6. The molecule has 4 heteroatoms. The van der Waals surface area contributed by atoms with Crippen LogP contribution in [0.5, 0.6) is 0 Å². The Kier molecular flexibility index (Phi) is 4.38. The summed E-state index contributed by atoms with van der Waals surface area (Å²) in [6.45, 7) is 4.30. The number of carbonyl (C=O) groups is 1. The molecule has 1 unspecified atom stereocenters. The molecule has 1 aromatic carbocycles. The first-order chi connectivity index (χ1) is 9.67. The summed E-state index contributed by atoms with van der Waals surface area (Å²) in [6.07, 6.45) is 1.69. The molecule has 0 aromatic heterocycles. The normalized spacial score (nSPS) is 17.7. The topological polar surface area (TPSA) is 46.6 Å². The van der Waals surface area contributed by atoms with E-state index in [0.717, 1.165) is 5.56 Å². The maximum atomic E-state index is 11.6. The van der Waals surface area contributed by atoms with Gasteiger partial charge in [-0.15, -0.1) is 0 Å². The maximum absolute atomic E-state index is 11.6. The number of nitrogens with zero attached hydrogens (tertiary/aromatic N) is 1. The highest BCUT2D eigenvalue weighted by Gasteiger charge is 2.34. The van der Waals surface area contributed by atoms with Crippen molar-refractivity contribution in [1.82, 2.24) is 4.90 Å². The molecule has 0 amide bonds. The van der Waals surface area contributed by atoms with Gasteiger partial charge in [-0.2, -0.15) is 0 Å². The van der Waals surface area contributed by atoms with E-state index in [1.165, 1.54) is 6.92 Å². The van der Waals surface area contributed by atoms with E-state index in [4.69, 9.17) is 4.74 Å². The Balaban J connectivity index is 2.30. The predicted octanol–water partition coefficient (Wildman–Crippen LogP) is 2.30. The molecule has 1 atom stereocenters. The van der Waals surface area contributed by atoms with Crippen LogP contribution in [0.3, 0.4) is 0 Å². The van der Waals surface area contributed by atoms with Crippen molar-refractivity contribution in [1.29, 1.82) is 0 Å². The first-order valence-electron chi connectivity index (χ1n) is 6.59. The van der Waals surface area contributed by atoms with Crippen LogP contribution in [0.1, 0.15) is 19.4 Å². The molecule has 0 aliphatic carbocycles. The quantitative estimate of drug-likeness (QED) is 0.771. The van der Waals surface area contributed by atoms with Crippen molar-refractivity contribution >= 4 is 11.7 Å². The lowest BCUT2D eigenvalue weighted by Crippen LogP contribution is -2.23. The van der Waals surface area contributed by atoms with Gasteiger partial charge in [0.05, 0.1) is 19.1 Å². The van der Waals surface area contributed by atoms with Gasteiger partial charge in [-0.25, -0.2) is 4.79 Å². The number of rotatable bonds is 5. The van der Waals surface area contributed by atoms with E-state index < -0.39 is 5.92 Å². The molecule has 2 rings (SSSR count). The van der Waals surface area contributed by atoms with E-state index in [1.54, 1.807) is 11.0 Å². The number of hydrogen-bond donors (Lipinski definition) is 0. The second kappa shape index (κ2) is 6.22.